The summed E-state index contributed by atoms with van der Waals surface area (Å²) in [5, 5.41) is 56.8. The van der Waals surface area contributed by atoms with Crippen molar-refractivity contribution < 1.29 is 49.3 Å². The molecule has 0 spiro atoms. The summed E-state index contributed by atoms with van der Waals surface area (Å²) in [5.74, 6) is -1.21. The first kappa shape index (κ1) is 68.4. The van der Waals surface area contributed by atoms with Gasteiger partial charge in [0.15, 0.2) is 12.4 Å². The number of hydrogen-bond acceptors (Lipinski definition) is 10. The molecule has 6 N–H and O–H groups in total. The molecule has 8 unspecified atom stereocenters. The van der Waals surface area contributed by atoms with Gasteiger partial charge >= 0.3 is 5.97 Å². The summed E-state index contributed by atoms with van der Waals surface area (Å²) in [5.41, 5.74) is 0. The van der Waals surface area contributed by atoms with E-state index in [-0.39, 0.29) is 19.4 Å². The Bertz CT molecular complexity index is 1420. The second kappa shape index (κ2) is 50.2. The van der Waals surface area contributed by atoms with Gasteiger partial charge in [0.25, 0.3) is 0 Å². The molecule has 0 saturated carbocycles. The molecule has 0 aromatic heterocycles. The number of unbranched alkanes of at least 4 members (excludes halogenated alkanes) is 28. The Morgan fingerprint density at radius 1 is 0.534 bits per heavy atom. The van der Waals surface area contributed by atoms with Crippen LogP contribution in [-0.2, 0) is 23.8 Å². The zero-order valence-corrected chi connectivity index (χ0v) is 46.7. The molecule has 1 heterocycles. The lowest BCUT2D eigenvalue weighted by Crippen LogP contribution is -2.61. The van der Waals surface area contributed by atoms with E-state index in [1.165, 1.54) is 128 Å². The average molecular weight is 1030 g/mol. The van der Waals surface area contributed by atoms with Crippen LogP contribution in [0.5, 0.6) is 0 Å². The second-order valence-corrected chi connectivity index (χ2v) is 20.7. The van der Waals surface area contributed by atoms with Gasteiger partial charge in [-0.15, -0.1) is 0 Å². The van der Waals surface area contributed by atoms with Gasteiger partial charge in [0.2, 0.25) is 5.91 Å². The molecule has 11 nitrogen and oxygen atoms in total. The molecule has 8 atom stereocenters. The van der Waals surface area contributed by atoms with Crippen LogP contribution in [0.1, 0.15) is 258 Å². The SMILES string of the molecule is CCCCC/C=C\C/C=C\C/C=C\C/C=C\CCCCCCC(O)C(=O)NC(COC1OC(CO)C(O)C(O)C1OC(=O)CCCCCCCCCCCCCCC)C(O)/C=C/CCCCCCCCCCC. The number of aliphatic hydroxyl groups is 5. The van der Waals surface area contributed by atoms with Crippen molar-refractivity contribution in [3.05, 3.63) is 60.8 Å². The van der Waals surface area contributed by atoms with Gasteiger partial charge in [0, 0.05) is 6.42 Å². The Balaban J connectivity index is 2.70. The quantitative estimate of drug-likeness (QED) is 0.0195. The number of nitrogens with one attached hydrogen (secondary N) is 1. The van der Waals surface area contributed by atoms with Crippen LogP contribution in [0.4, 0.5) is 0 Å². The van der Waals surface area contributed by atoms with E-state index in [4.69, 9.17) is 14.2 Å². The largest absolute Gasteiger partial charge is 0.454 e. The third-order valence-electron chi connectivity index (χ3n) is 13.9. The predicted octanol–water partition coefficient (Wildman–Crippen LogP) is 13.8. The minimum atomic E-state index is -1.61. The van der Waals surface area contributed by atoms with Gasteiger partial charge in [0.05, 0.1) is 25.4 Å². The second-order valence-electron chi connectivity index (χ2n) is 20.7. The first-order valence-electron chi connectivity index (χ1n) is 30.1. The van der Waals surface area contributed by atoms with Gasteiger partial charge in [0.1, 0.15) is 24.4 Å². The fourth-order valence-corrected chi connectivity index (χ4v) is 9.10. The molecular formula is C62H111NO10. The van der Waals surface area contributed by atoms with E-state index in [1.54, 1.807) is 6.08 Å². The molecule has 11 heteroatoms. The summed E-state index contributed by atoms with van der Waals surface area (Å²) >= 11 is 0. The number of esters is 1. The zero-order chi connectivity index (χ0) is 53.3. The van der Waals surface area contributed by atoms with Gasteiger partial charge in [-0.05, 0) is 70.6 Å². The van der Waals surface area contributed by atoms with E-state index in [2.05, 4.69) is 74.7 Å². The van der Waals surface area contributed by atoms with Gasteiger partial charge in [-0.3, -0.25) is 9.59 Å². The van der Waals surface area contributed by atoms with Crippen molar-refractivity contribution in [3.8, 4) is 0 Å². The maximum absolute atomic E-state index is 13.4. The van der Waals surface area contributed by atoms with Crippen LogP contribution in [0.15, 0.2) is 60.8 Å². The molecule has 0 bridgehead atoms. The van der Waals surface area contributed by atoms with Crippen LogP contribution in [0, 0.1) is 0 Å². The van der Waals surface area contributed by atoms with Crippen molar-refractivity contribution in [1.29, 1.82) is 0 Å². The molecule has 1 saturated heterocycles. The number of aliphatic hydroxyl groups excluding tert-OH is 5. The van der Waals surface area contributed by atoms with E-state index < -0.39 is 67.4 Å². The van der Waals surface area contributed by atoms with Crippen molar-refractivity contribution in [2.45, 2.75) is 307 Å². The minimum absolute atomic E-state index is 0.123. The molecule has 0 aromatic rings. The van der Waals surface area contributed by atoms with Crippen LogP contribution >= 0.6 is 0 Å². The van der Waals surface area contributed by atoms with Gasteiger partial charge < -0.3 is 45.1 Å². The number of carbonyl (C=O) groups excluding carboxylic acids is 2. The lowest BCUT2D eigenvalue weighted by molar-refractivity contribution is -0.305. The van der Waals surface area contributed by atoms with E-state index in [0.717, 1.165) is 83.5 Å². The minimum Gasteiger partial charge on any atom is -0.454 e. The monoisotopic (exact) mass is 1030 g/mol. The van der Waals surface area contributed by atoms with Crippen molar-refractivity contribution in [2.24, 2.45) is 0 Å². The van der Waals surface area contributed by atoms with Crippen molar-refractivity contribution in [1.82, 2.24) is 5.32 Å². The molecule has 1 aliphatic heterocycles. The van der Waals surface area contributed by atoms with E-state index in [0.29, 0.717) is 12.8 Å². The normalized spacial score (nSPS) is 19.8. The highest BCUT2D eigenvalue weighted by molar-refractivity contribution is 5.80. The maximum Gasteiger partial charge on any atom is 0.306 e. The Morgan fingerprint density at radius 3 is 1.44 bits per heavy atom. The molecule has 0 aromatic carbocycles. The van der Waals surface area contributed by atoms with Crippen molar-refractivity contribution in [2.75, 3.05) is 13.2 Å². The van der Waals surface area contributed by atoms with E-state index in [9.17, 15) is 35.1 Å². The Morgan fingerprint density at radius 2 is 0.945 bits per heavy atom. The molecule has 1 aliphatic rings. The van der Waals surface area contributed by atoms with E-state index >= 15 is 0 Å². The predicted molar refractivity (Wildman–Crippen MR) is 301 cm³/mol. The lowest BCUT2D eigenvalue weighted by atomic mass is 9.99. The van der Waals surface area contributed by atoms with E-state index in [1.807, 2.05) is 6.08 Å². The summed E-state index contributed by atoms with van der Waals surface area (Å²) in [6.07, 6.45) is 51.2. The highest BCUT2D eigenvalue weighted by Crippen LogP contribution is 2.26. The molecule has 1 amide bonds. The maximum atomic E-state index is 13.4. The number of amides is 1. The fourth-order valence-electron chi connectivity index (χ4n) is 9.10. The lowest BCUT2D eigenvalue weighted by Gasteiger charge is -2.41. The average Bonchev–Trinajstić information content (AvgIpc) is 3.39. The van der Waals surface area contributed by atoms with Crippen LogP contribution in [-0.4, -0.2) is 99.6 Å². The molecule has 1 fully saturated rings. The Labute approximate surface area is 446 Å². The Kier molecular flexibility index (Phi) is 47.0. The first-order valence-corrected chi connectivity index (χ1v) is 30.1. The molecule has 424 valence electrons. The molecule has 0 radical (unpaired) electrons. The summed E-state index contributed by atoms with van der Waals surface area (Å²) in [7, 11) is 0. The zero-order valence-electron chi connectivity index (χ0n) is 46.7. The van der Waals surface area contributed by atoms with Crippen LogP contribution in [0.3, 0.4) is 0 Å². The van der Waals surface area contributed by atoms with Crippen LogP contribution in [0.25, 0.3) is 0 Å². The Hall–Kier alpha value is -2.64. The standard InChI is InChI=1S/C62H111NO10/c1-4-7-10-13-16-19-22-24-25-26-27-28-29-30-32-34-37-40-43-46-49-55(66)61(70)63-53(54(65)48-45-42-39-36-33-21-18-15-12-9-6-3)52-71-62-60(59(69)58(68)56(51-64)72-62)73-57(67)50-47-44-41-38-35-31-23-20-17-14-11-8-5-2/h16,19,24-25,27-28,30,32,45,48,53-56,58-60,62,64-66,68-69H,4-15,17-18,20-23,26,29,31,33-44,46-47,49-52H2,1-3H3,(H,63,70)/b19-16-,25-24-,28-27-,32-30-,48-45+. The van der Waals surface area contributed by atoms with Crippen molar-refractivity contribution in [3.63, 3.8) is 0 Å². The topological polar surface area (TPSA) is 175 Å². The van der Waals surface area contributed by atoms with Crippen molar-refractivity contribution >= 4 is 11.9 Å². The molecule has 73 heavy (non-hydrogen) atoms. The summed E-state index contributed by atoms with van der Waals surface area (Å²) in [6.45, 7) is 5.73. The molecule has 0 aliphatic carbocycles. The summed E-state index contributed by atoms with van der Waals surface area (Å²) in [4.78, 5) is 26.5. The van der Waals surface area contributed by atoms with Gasteiger partial charge in [-0.1, -0.05) is 242 Å². The number of rotatable bonds is 50. The number of ether oxygens (including phenoxy) is 3. The van der Waals surface area contributed by atoms with Crippen LogP contribution < -0.4 is 5.32 Å². The van der Waals surface area contributed by atoms with Gasteiger partial charge in [-0.25, -0.2) is 0 Å². The molecular weight excluding hydrogens is 919 g/mol. The third-order valence-corrected chi connectivity index (χ3v) is 13.9. The smallest absolute Gasteiger partial charge is 0.306 e. The number of allylic oxidation sites excluding steroid dienone is 9. The molecule has 1 rings (SSSR count). The highest BCUT2D eigenvalue weighted by atomic mass is 16.7. The number of carbonyl (C=O) groups is 2. The highest BCUT2D eigenvalue weighted by Gasteiger charge is 2.47. The summed E-state index contributed by atoms with van der Waals surface area (Å²) in [6, 6.07) is -1.03. The number of hydrogen-bond donors (Lipinski definition) is 6. The fraction of sp³-hybridized carbons (Fsp3) is 0.806. The summed E-state index contributed by atoms with van der Waals surface area (Å²) < 4.78 is 17.6. The van der Waals surface area contributed by atoms with Gasteiger partial charge in [-0.2, -0.15) is 0 Å². The third kappa shape index (κ3) is 38.5. The first-order chi connectivity index (χ1) is 35.7. The van der Waals surface area contributed by atoms with Crippen LogP contribution in [0.2, 0.25) is 0 Å².